The molecule has 1 fully saturated rings. The van der Waals surface area contributed by atoms with Crippen LogP contribution in [0.4, 0.5) is 0 Å². The van der Waals surface area contributed by atoms with E-state index in [0.717, 1.165) is 31.5 Å². The third-order valence-electron chi connectivity index (χ3n) is 4.27. The molecule has 1 aliphatic heterocycles. The Hall–Kier alpha value is -2.59. The Morgan fingerprint density at radius 3 is 2.31 bits per heavy atom. The molecule has 0 N–H and O–H groups in total. The predicted octanol–water partition coefficient (Wildman–Crippen LogP) is 4.05. The second kappa shape index (κ2) is 8.68. The number of nitrogens with zero attached hydrogens (tertiary/aromatic N) is 1. The van der Waals surface area contributed by atoms with E-state index < -0.39 is 5.97 Å². The summed E-state index contributed by atoms with van der Waals surface area (Å²) in [6, 6.07) is 16.5. The Bertz CT molecular complexity index is 794. The fourth-order valence-corrected chi connectivity index (χ4v) is 2.99. The predicted molar refractivity (Wildman–Crippen MR) is 103 cm³/mol. The SMILES string of the molecule is O=C(OCC(=O)N1CCCC1)/C(=C/c1ccccc1)c1ccc(Cl)cc1. The number of likely N-dealkylation sites (tertiary alicyclic amines) is 1. The third-order valence-corrected chi connectivity index (χ3v) is 4.52. The number of carbonyl (C=O) groups excluding carboxylic acids is 2. The van der Waals surface area contributed by atoms with Crippen LogP contribution in [0.5, 0.6) is 0 Å². The number of hydrogen-bond donors (Lipinski definition) is 0. The molecule has 1 saturated heterocycles. The first-order chi connectivity index (χ1) is 12.6. The lowest BCUT2D eigenvalue weighted by Gasteiger charge is -2.15. The minimum absolute atomic E-state index is 0.147. The van der Waals surface area contributed by atoms with E-state index in [4.69, 9.17) is 16.3 Å². The summed E-state index contributed by atoms with van der Waals surface area (Å²) in [5.41, 5.74) is 1.96. The lowest BCUT2D eigenvalue weighted by atomic mass is 10.0. The van der Waals surface area contributed by atoms with Gasteiger partial charge in [0.15, 0.2) is 6.61 Å². The number of amides is 1. The van der Waals surface area contributed by atoms with Gasteiger partial charge < -0.3 is 9.64 Å². The molecule has 1 aliphatic rings. The van der Waals surface area contributed by atoms with E-state index in [1.165, 1.54) is 0 Å². The van der Waals surface area contributed by atoms with Crippen LogP contribution in [-0.2, 0) is 14.3 Å². The first kappa shape index (κ1) is 18.2. The van der Waals surface area contributed by atoms with Gasteiger partial charge in [-0.25, -0.2) is 4.79 Å². The normalized spacial score (nSPS) is 14.3. The smallest absolute Gasteiger partial charge is 0.339 e. The van der Waals surface area contributed by atoms with Gasteiger partial charge in [-0.15, -0.1) is 0 Å². The zero-order chi connectivity index (χ0) is 18.4. The largest absolute Gasteiger partial charge is 0.452 e. The van der Waals surface area contributed by atoms with Crippen molar-refractivity contribution in [2.45, 2.75) is 12.8 Å². The topological polar surface area (TPSA) is 46.6 Å². The molecule has 0 saturated carbocycles. The summed E-state index contributed by atoms with van der Waals surface area (Å²) in [4.78, 5) is 26.5. The van der Waals surface area contributed by atoms with Crippen LogP contribution in [0.15, 0.2) is 54.6 Å². The second-order valence-electron chi connectivity index (χ2n) is 6.14. The van der Waals surface area contributed by atoms with Crippen molar-refractivity contribution in [1.29, 1.82) is 0 Å². The maximum Gasteiger partial charge on any atom is 0.339 e. The van der Waals surface area contributed by atoms with Gasteiger partial charge in [0.2, 0.25) is 0 Å². The molecule has 0 spiro atoms. The summed E-state index contributed by atoms with van der Waals surface area (Å²) in [6.07, 6.45) is 3.76. The summed E-state index contributed by atoms with van der Waals surface area (Å²) in [5, 5.41) is 0.588. The second-order valence-corrected chi connectivity index (χ2v) is 6.58. The molecule has 0 atom stereocenters. The van der Waals surface area contributed by atoms with Crippen molar-refractivity contribution in [3.05, 3.63) is 70.7 Å². The molecule has 2 aromatic rings. The van der Waals surface area contributed by atoms with Crippen molar-refractivity contribution >= 4 is 35.1 Å². The Morgan fingerprint density at radius 2 is 1.65 bits per heavy atom. The molecular formula is C21H20ClNO3. The molecule has 5 heteroatoms. The first-order valence-corrected chi connectivity index (χ1v) is 8.99. The molecule has 2 aromatic carbocycles. The van der Waals surface area contributed by atoms with Crippen molar-refractivity contribution in [3.63, 3.8) is 0 Å². The van der Waals surface area contributed by atoms with Gasteiger partial charge in [-0.1, -0.05) is 54.1 Å². The molecule has 1 heterocycles. The highest BCUT2D eigenvalue weighted by atomic mass is 35.5. The quantitative estimate of drug-likeness (QED) is 0.454. The summed E-state index contributed by atoms with van der Waals surface area (Å²) >= 11 is 5.95. The Morgan fingerprint density at radius 1 is 1.00 bits per heavy atom. The lowest BCUT2D eigenvalue weighted by Crippen LogP contribution is -2.32. The summed E-state index contributed by atoms with van der Waals surface area (Å²) in [5.74, 6) is -0.672. The van der Waals surface area contributed by atoms with Gasteiger partial charge in [-0.2, -0.15) is 0 Å². The van der Waals surface area contributed by atoms with Gasteiger partial charge in [0.05, 0.1) is 5.57 Å². The Balaban J connectivity index is 1.78. The minimum Gasteiger partial charge on any atom is -0.452 e. The van der Waals surface area contributed by atoms with Crippen molar-refractivity contribution in [1.82, 2.24) is 4.90 Å². The van der Waals surface area contributed by atoms with Crippen LogP contribution in [0.2, 0.25) is 5.02 Å². The van der Waals surface area contributed by atoms with Crippen LogP contribution in [0.3, 0.4) is 0 Å². The first-order valence-electron chi connectivity index (χ1n) is 8.61. The van der Waals surface area contributed by atoms with E-state index in [9.17, 15) is 9.59 Å². The third kappa shape index (κ3) is 4.73. The van der Waals surface area contributed by atoms with Crippen LogP contribution in [0.25, 0.3) is 11.6 Å². The molecule has 134 valence electrons. The summed E-state index contributed by atoms with van der Waals surface area (Å²) in [6.45, 7) is 1.24. The number of esters is 1. The number of rotatable bonds is 5. The monoisotopic (exact) mass is 369 g/mol. The van der Waals surface area contributed by atoms with Gasteiger partial charge in [-0.05, 0) is 42.2 Å². The van der Waals surface area contributed by atoms with Crippen molar-refractivity contribution in [3.8, 4) is 0 Å². The summed E-state index contributed by atoms with van der Waals surface area (Å²) in [7, 11) is 0. The molecular weight excluding hydrogens is 350 g/mol. The Kier molecular flexibility index (Phi) is 6.08. The van der Waals surface area contributed by atoms with Crippen molar-refractivity contribution < 1.29 is 14.3 Å². The highest BCUT2D eigenvalue weighted by molar-refractivity contribution is 6.30. The van der Waals surface area contributed by atoms with Crippen LogP contribution in [-0.4, -0.2) is 36.5 Å². The van der Waals surface area contributed by atoms with Crippen LogP contribution in [0.1, 0.15) is 24.0 Å². The number of hydrogen-bond acceptors (Lipinski definition) is 3. The Labute approximate surface area is 158 Å². The zero-order valence-corrected chi connectivity index (χ0v) is 15.1. The molecule has 0 radical (unpaired) electrons. The average molecular weight is 370 g/mol. The van der Waals surface area contributed by atoms with Gasteiger partial charge in [0, 0.05) is 18.1 Å². The molecule has 0 aliphatic carbocycles. The van der Waals surface area contributed by atoms with Crippen molar-refractivity contribution in [2.75, 3.05) is 19.7 Å². The van der Waals surface area contributed by atoms with Crippen LogP contribution in [0, 0.1) is 0 Å². The molecule has 0 aromatic heterocycles. The fraction of sp³-hybridized carbons (Fsp3) is 0.238. The van der Waals surface area contributed by atoms with E-state index >= 15 is 0 Å². The highest BCUT2D eigenvalue weighted by Crippen LogP contribution is 2.22. The van der Waals surface area contributed by atoms with E-state index in [-0.39, 0.29) is 12.5 Å². The maximum atomic E-state index is 12.7. The fourth-order valence-electron chi connectivity index (χ4n) is 2.87. The van der Waals surface area contributed by atoms with Gasteiger partial charge in [0.25, 0.3) is 5.91 Å². The molecule has 1 amide bonds. The molecule has 26 heavy (non-hydrogen) atoms. The van der Waals surface area contributed by atoms with Gasteiger partial charge in [0.1, 0.15) is 0 Å². The average Bonchev–Trinajstić information content (AvgIpc) is 3.20. The van der Waals surface area contributed by atoms with E-state index in [1.54, 1.807) is 35.2 Å². The summed E-state index contributed by atoms with van der Waals surface area (Å²) < 4.78 is 5.30. The lowest BCUT2D eigenvalue weighted by molar-refractivity contribution is -0.146. The molecule has 3 rings (SSSR count). The van der Waals surface area contributed by atoms with E-state index in [0.29, 0.717) is 16.2 Å². The number of carbonyl (C=O) groups is 2. The number of benzene rings is 2. The van der Waals surface area contributed by atoms with Gasteiger partial charge >= 0.3 is 5.97 Å². The standard InChI is InChI=1S/C21H20ClNO3/c22-18-10-8-17(9-11-18)19(14-16-6-2-1-3-7-16)21(25)26-15-20(24)23-12-4-5-13-23/h1-3,6-11,14H,4-5,12-13,15H2/b19-14+. The maximum absolute atomic E-state index is 12.7. The number of ether oxygens (including phenoxy) is 1. The van der Waals surface area contributed by atoms with E-state index in [1.807, 2.05) is 30.3 Å². The zero-order valence-electron chi connectivity index (χ0n) is 14.4. The molecule has 0 unspecified atom stereocenters. The van der Waals surface area contributed by atoms with Gasteiger partial charge in [-0.3, -0.25) is 4.79 Å². The molecule has 4 nitrogen and oxygen atoms in total. The minimum atomic E-state index is -0.524. The van der Waals surface area contributed by atoms with Crippen LogP contribution >= 0.6 is 11.6 Å². The highest BCUT2D eigenvalue weighted by Gasteiger charge is 2.21. The molecule has 0 bridgehead atoms. The number of halogens is 1. The van der Waals surface area contributed by atoms with E-state index in [2.05, 4.69) is 0 Å². The van der Waals surface area contributed by atoms with Crippen LogP contribution < -0.4 is 0 Å². The van der Waals surface area contributed by atoms with Crippen molar-refractivity contribution in [2.24, 2.45) is 0 Å².